The first-order chi connectivity index (χ1) is 6.67. The van der Waals surface area contributed by atoms with Crippen molar-refractivity contribution in [3.05, 3.63) is 46.7 Å². The van der Waals surface area contributed by atoms with Crippen molar-refractivity contribution in [2.24, 2.45) is 0 Å². The van der Waals surface area contributed by atoms with Gasteiger partial charge in [0.05, 0.1) is 6.04 Å². The van der Waals surface area contributed by atoms with Crippen molar-refractivity contribution in [3.63, 3.8) is 0 Å². The third-order valence-corrected chi connectivity index (χ3v) is 2.36. The second-order valence-electron chi connectivity index (χ2n) is 2.97. The Balaban J connectivity index is 2.97. The van der Waals surface area contributed by atoms with Crippen molar-refractivity contribution in [3.8, 4) is 0 Å². The maximum atomic E-state index is 13.1. The van der Waals surface area contributed by atoms with Crippen LogP contribution in [0.5, 0.6) is 0 Å². The van der Waals surface area contributed by atoms with Gasteiger partial charge in [-0.05, 0) is 30.3 Å². The van der Waals surface area contributed by atoms with E-state index in [-0.39, 0.29) is 11.9 Å². The highest BCUT2D eigenvalue weighted by Crippen LogP contribution is 2.20. The van der Waals surface area contributed by atoms with E-state index < -0.39 is 0 Å². The summed E-state index contributed by atoms with van der Waals surface area (Å²) in [6, 6.07) is 4.85. The lowest BCUT2D eigenvalue weighted by Crippen LogP contribution is -2.18. The van der Waals surface area contributed by atoms with Crippen LogP contribution < -0.4 is 5.32 Å². The highest BCUT2D eigenvalue weighted by molar-refractivity contribution is 9.10. The Morgan fingerprint density at radius 1 is 1.57 bits per heavy atom. The third-order valence-electron chi connectivity index (χ3n) is 1.90. The zero-order valence-electron chi connectivity index (χ0n) is 8.06. The van der Waals surface area contributed by atoms with Crippen LogP contribution >= 0.6 is 15.9 Å². The molecule has 1 rings (SSSR count). The Labute approximate surface area is 92.1 Å². The van der Waals surface area contributed by atoms with Crippen molar-refractivity contribution >= 4 is 15.9 Å². The molecule has 0 amide bonds. The first kappa shape index (κ1) is 11.4. The van der Waals surface area contributed by atoms with E-state index in [0.29, 0.717) is 0 Å². The van der Waals surface area contributed by atoms with Gasteiger partial charge >= 0.3 is 0 Å². The van der Waals surface area contributed by atoms with Crippen molar-refractivity contribution in [2.45, 2.75) is 13.0 Å². The van der Waals surface area contributed by atoms with Gasteiger partial charge in [0.15, 0.2) is 0 Å². The molecular weight excluding hydrogens is 245 g/mol. The predicted octanol–water partition coefficient (Wildman–Crippen LogP) is 3.42. The summed E-state index contributed by atoms with van der Waals surface area (Å²) in [6.45, 7) is 6.54. The zero-order chi connectivity index (χ0) is 10.6. The Morgan fingerprint density at radius 2 is 2.29 bits per heavy atom. The summed E-state index contributed by atoms with van der Waals surface area (Å²) >= 11 is 3.26. The minimum atomic E-state index is -0.237. The quantitative estimate of drug-likeness (QED) is 0.816. The smallest absolute Gasteiger partial charge is 0.124 e. The molecule has 1 nitrogen and oxygen atoms in total. The second-order valence-corrected chi connectivity index (χ2v) is 3.89. The summed E-state index contributed by atoms with van der Waals surface area (Å²) in [7, 11) is 0. The van der Waals surface area contributed by atoms with Gasteiger partial charge in [-0.1, -0.05) is 28.9 Å². The van der Waals surface area contributed by atoms with Crippen LogP contribution in [-0.4, -0.2) is 6.54 Å². The molecule has 1 N–H and O–H groups in total. The topological polar surface area (TPSA) is 12.0 Å². The van der Waals surface area contributed by atoms with Crippen LogP contribution in [-0.2, 0) is 0 Å². The molecule has 3 heteroatoms. The number of hydrogen-bond donors (Lipinski definition) is 1. The van der Waals surface area contributed by atoms with Gasteiger partial charge in [0.1, 0.15) is 5.82 Å². The van der Waals surface area contributed by atoms with E-state index in [0.717, 1.165) is 16.6 Å². The molecule has 76 valence electrons. The Hall–Kier alpha value is -0.670. The fourth-order valence-electron chi connectivity index (χ4n) is 1.31. The van der Waals surface area contributed by atoms with Crippen LogP contribution in [0.2, 0.25) is 0 Å². The molecule has 0 aliphatic carbocycles. The average Bonchev–Trinajstić information content (AvgIpc) is 2.12. The largest absolute Gasteiger partial charge is 0.307 e. The van der Waals surface area contributed by atoms with Crippen molar-refractivity contribution in [1.29, 1.82) is 0 Å². The molecule has 1 aromatic carbocycles. The second kappa shape index (κ2) is 5.27. The van der Waals surface area contributed by atoms with E-state index >= 15 is 0 Å². The molecular formula is C11H13BrFN. The molecule has 0 aromatic heterocycles. The summed E-state index contributed by atoms with van der Waals surface area (Å²) in [6.07, 6.45) is 1.77. The van der Waals surface area contributed by atoms with E-state index in [1.165, 1.54) is 12.1 Å². The number of benzene rings is 1. The number of rotatable bonds is 4. The molecule has 1 aromatic rings. The van der Waals surface area contributed by atoms with Crippen molar-refractivity contribution in [2.75, 3.05) is 6.54 Å². The minimum absolute atomic E-state index is 0.00648. The van der Waals surface area contributed by atoms with Gasteiger partial charge in [0.2, 0.25) is 0 Å². The van der Waals surface area contributed by atoms with Crippen LogP contribution in [0.25, 0.3) is 0 Å². The summed E-state index contributed by atoms with van der Waals surface area (Å²) in [5.41, 5.74) is 0.883. The summed E-state index contributed by atoms with van der Waals surface area (Å²) in [4.78, 5) is 0. The monoisotopic (exact) mass is 257 g/mol. The fraction of sp³-hybridized carbons (Fsp3) is 0.273. The van der Waals surface area contributed by atoms with Crippen LogP contribution in [0.3, 0.4) is 0 Å². The highest BCUT2D eigenvalue weighted by atomic mass is 79.9. The maximum absolute atomic E-state index is 13.1. The number of nitrogens with one attached hydrogen (secondary N) is 1. The van der Waals surface area contributed by atoms with Gasteiger partial charge in [-0.25, -0.2) is 4.39 Å². The van der Waals surface area contributed by atoms with Crippen LogP contribution in [0, 0.1) is 5.82 Å². The van der Waals surface area contributed by atoms with Gasteiger partial charge in [-0.2, -0.15) is 0 Å². The molecule has 1 atom stereocenters. The molecule has 0 aliphatic heterocycles. The van der Waals surface area contributed by atoms with Gasteiger partial charge in [0.25, 0.3) is 0 Å². The number of likely N-dealkylation sites (N-methyl/N-ethyl adjacent to an activating group) is 1. The van der Waals surface area contributed by atoms with Gasteiger partial charge < -0.3 is 5.32 Å². The number of hydrogen-bond acceptors (Lipinski definition) is 1. The number of halogens is 2. The summed E-state index contributed by atoms with van der Waals surface area (Å²) in [5, 5.41) is 3.20. The first-order valence-corrected chi connectivity index (χ1v) is 5.28. The average molecular weight is 258 g/mol. The fourth-order valence-corrected chi connectivity index (χ4v) is 1.79. The molecule has 14 heavy (non-hydrogen) atoms. The Morgan fingerprint density at radius 3 is 2.79 bits per heavy atom. The Kier molecular flexibility index (Phi) is 4.29. The van der Waals surface area contributed by atoms with Gasteiger partial charge in [-0.3, -0.25) is 0 Å². The summed E-state index contributed by atoms with van der Waals surface area (Å²) in [5.74, 6) is -0.237. The van der Waals surface area contributed by atoms with E-state index in [1.807, 2.05) is 13.0 Å². The maximum Gasteiger partial charge on any atom is 0.124 e. The summed E-state index contributed by atoms with van der Waals surface area (Å²) < 4.78 is 13.8. The Bertz CT molecular complexity index is 305. The molecule has 0 spiro atoms. The SMILES string of the molecule is C=CC(NCC)c1cc(F)cc(Br)c1. The molecule has 0 aliphatic rings. The van der Waals surface area contributed by atoms with Crippen molar-refractivity contribution < 1.29 is 4.39 Å². The van der Waals surface area contributed by atoms with E-state index in [1.54, 1.807) is 6.08 Å². The van der Waals surface area contributed by atoms with E-state index in [4.69, 9.17) is 0 Å². The van der Waals surface area contributed by atoms with E-state index in [9.17, 15) is 4.39 Å². The molecule has 0 fully saturated rings. The van der Waals surface area contributed by atoms with Gasteiger partial charge in [-0.15, -0.1) is 6.58 Å². The molecule has 0 bridgehead atoms. The standard InChI is InChI=1S/C11H13BrFN/c1-3-11(14-4-2)8-5-9(12)7-10(13)6-8/h3,5-7,11,14H,1,4H2,2H3. The third kappa shape index (κ3) is 2.93. The molecule has 0 heterocycles. The van der Waals surface area contributed by atoms with Crippen LogP contribution in [0.4, 0.5) is 4.39 Å². The molecule has 0 saturated heterocycles. The molecule has 0 saturated carbocycles. The van der Waals surface area contributed by atoms with Gasteiger partial charge in [0, 0.05) is 4.47 Å². The van der Waals surface area contributed by atoms with Crippen molar-refractivity contribution in [1.82, 2.24) is 5.32 Å². The zero-order valence-corrected chi connectivity index (χ0v) is 9.64. The van der Waals surface area contributed by atoms with Crippen LogP contribution in [0.1, 0.15) is 18.5 Å². The van der Waals surface area contributed by atoms with E-state index in [2.05, 4.69) is 27.8 Å². The predicted molar refractivity (Wildman–Crippen MR) is 60.7 cm³/mol. The highest BCUT2D eigenvalue weighted by Gasteiger charge is 2.07. The minimum Gasteiger partial charge on any atom is -0.307 e. The lowest BCUT2D eigenvalue weighted by Gasteiger charge is -2.14. The normalized spacial score (nSPS) is 12.5. The molecule has 1 unspecified atom stereocenters. The lowest BCUT2D eigenvalue weighted by atomic mass is 10.1. The lowest BCUT2D eigenvalue weighted by molar-refractivity contribution is 0.609. The van der Waals surface area contributed by atoms with Crippen LogP contribution in [0.15, 0.2) is 35.3 Å². The molecule has 0 radical (unpaired) electrons. The first-order valence-electron chi connectivity index (χ1n) is 4.49.